The Balaban J connectivity index is 1.85. The van der Waals surface area contributed by atoms with Crippen LogP contribution in [0.3, 0.4) is 0 Å². The normalized spacial score (nSPS) is 10.8. The number of nitrogens with one attached hydrogen (secondary N) is 1. The summed E-state index contributed by atoms with van der Waals surface area (Å²) in [5.41, 5.74) is 1.09. The highest BCUT2D eigenvalue weighted by molar-refractivity contribution is 7.18. The van der Waals surface area contributed by atoms with E-state index in [1.54, 1.807) is 31.2 Å². The topological polar surface area (TPSA) is 89.2 Å². The first-order valence-corrected chi connectivity index (χ1v) is 6.97. The van der Waals surface area contributed by atoms with Gasteiger partial charge in [-0.25, -0.2) is 0 Å². The zero-order valence-electron chi connectivity index (χ0n) is 11.3. The average Bonchev–Trinajstić information content (AvgIpc) is 3.02. The van der Waals surface area contributed by atoms with Gasteiger partial charge in [0.25, 0.3) is 5.91 Å². The first-order valence-electron chi connectivity index (χ1n) is 6.16. The number of amides is 1. The first-order chi connectivity index (χ1) is 10.0. The fourth-order valence-electron chi connectivity index (χ4n) is 1.81. The van der Waals surface area contributed by atoms with Crippen molar-refractivity contribution < 1.29 is 9.59 Å². The van der Waals surface area contributed by atoms with Crippen molar-refractivity contribution in [3.8, 4) is 0 Å². The molecule has 2 aromatic heterocycles. The molecule has 0 aliphatic rings. The van der Waals surface area contributed by atoms with Gasteiger partial charge in [0.15, 0.2) is 11.6 Å². The van der Waals surface area contributed by atoms with Gasteiger partial charge >= 0.3 is 0 Å². The lowest BCUT2D eigenvalue weighted by Gasteiger charge is -2.04. The number of fused-ring (bicyclic) bond motifs is 1. The molecule has 0 fully saturated rings. The van der Waals surface area contributed by atoms with Crippen LogP contribution in [0.4, 0.5) is 5.69 Å². The van der Waals surface area contributed by atoms with E-state index in [-0.39, 0.29) is 16.7 Å². The Hall–Kier alpha value is -2.61. The highest BCUT2D eigenvalue weighted by Gasteiger charge is 2.15. The third-order valence-corrected chi connectivity index (χ3v) is 3.77. The number of hydrogen-bond donors (Lipinski definition) is 1. The lowest BCUT2D eigenvalue weighted by molar-refractivity contribution is 0.101. The standard InChI is InChI=1S/C13H11N5O2S/c1-7(19)9-4-3-5-10(6-9)14-11(20)12-17-18-8(2)15-16-13(18)21-12/h3-6H,1-2H3,(H,14,20). The quantitative estimate of drug-likeness (QED) is 0.747. The van der Waals surface area contributed by atoms with Crippen LogP contribution in [0.5, 0.6) is 0 Å². The van der Waals surface area contributed by atoms with Crippen LogP contribution in [0.1, 0.15) is 32.9 Å². The molecule has 0 saturated heterocycles. The monoisotopic (exact) mass is 301 g/mol. The third-order valence-electron chi connectivity index (χ3n) is 2.87. The number of hydrogen-bond acceptors (Lipinski definition) is 6. The zero-order chi connectivity index (χ0) is 15.0. The molecule has 0 radical (unpaired) electrons. The maximum atomic E-state index is 12.2. The van der Waals surface area contributed by atoms with Gasteiger partial charge in [0, 0.05) is 11.3 Å². The van der Waals surface area contributed by atoms with Crippen molar-refractivity contribution in [2.75, 3.05) is 5.32 Å². The molecule has 0 aliphatic heterocycles. The number of ketones is 1. The van der Waals surface area contributed by atoms with Crippen molar-refractivity contribution in [3.63, 3.8) is 0 Å². The lowest BCUT2D eigenvalue weighted by atomic mass is 10.1. The van der Waals surface area contributed by atoms with E-state index in [0.29, 0.717) is 22.0 Å². The number of anilines is 1. The summed E-state index contributed by atoms with van der Waals surface area (Å²) in [6.07, 6.45) is 0. The van der Waals surface area contributed by atoms with Crippen LogP contribution in [0, 0.1) is 6.92 Å². The number of aryl methyl sites for hydroxylation is 1. The van der Waals surface area contributed by atoms with Crippen molar-refractivity contribution in [2.24, 2.45) is 0 Å². The fraction of sp³-hybridized carbons (Fsp3) is 0.154. The molecule has 2 heterocycles. The molecule has 0 unspecified atom stereocenters. The third kappa shape index (κ3) is 2.52. The molecule has 3 aromatic rings. The zero-order valence-corrected chi connectivity index (χ0v) is 12.1. The minimum atomic E-state index is -0.342. The lowest BCUT2D eigenvalue weighted by Crippen LogP contribution is -2.12. The molecule has 0 spiro atoms. The first kappa shape index (κ1) is 13.4. The minimum Gasteiger partial charge on any atom is -0.320 e. The predicted molar refractivity (Wildman–Crippen MR) is 77.8 cm³/mol. The van der Waals surface area contributed by atoms with E-state index in [1.807, 2.05) is 0 Å². The van der Waals surface area contributed by atoms with Crippen LogP contribution >= 0.6 is 11.3 Å². The number of Topliss-reactive ketones (excluding diaryl/α,β-unsaturated/α-hetero) is 1. The summed E-state index contributed by atoms with van der Waals surface area (Å²) in [6, 6.07) is 6.77. The Morgan fingerprint density at radius 1 is 1.29 bits per heavy atom. The Labute approximate surface area is 123 Å². The Bertz CT molecular complexity index is 851. The Morgan fingerprint density at radius 3 is 2.81 bits per heavy atom. The molecular formula is C13H11N5O2S. The molecule has 0 bridgehead atoms. The van der Waals surface area contributed by atoms with E-state index < -0.39 is 0 Å². The average molecular weight is 301 g/mol. The Morgan fingerprint density at radius 2 is 2.10 bits per heavy atom. The van der Waals surface area contributed by atoms with Gasteiger partial charge < -0.3 is 5.32 Å². The summed E-state index contributed by atoms with van der Waals surface area (Å²) < 4.78 is 1.52. The van der Waals surface area contributed by atoms with Crippen molar-refractivity contribution in [2.45, 2.75) is 13.8 Å². The Kier molecular flexibility index (Phi) is 3.22. The summed E-state index contributed by atoms with van der Waals surface area (Å²) in [7, 11) is 0. The van der Waals surface area contributed by atoms with Crippen molar-refractivity contribution in [3.05, 3.63) is 40.7 Å². The summed E-state index contributed by atoms with van der Waals surface area (Å²) in [4.78, 5) is 24.1. The van der Waals surface area contributed by atoms with Crippen LogP contribution in [0.25, 0.3) is 4.96 Å². The molecule has 3 rings (SSSR count). The van der Waals surface area contributed by atoms with Gasteiger partial charge in [0.1, 0.15) is 0 Å². The van der Waals surface area contributed by atoms with Crippen LogP contribution in [-0.4, -0.2) is 31.5 Å². The molecular weight excluding hydrogens is 290 g/mol. The number of carbonyl (C=O) groups is 2. The summed E-state index contributed by atoms with van der Waals surface area (Å²) in [5, 5.41) is 14.9. The molecule has 1 N–H and O–H groups in total. The van der Waals surface area contributed by atoms with E-state index in [4.69, 9.17) is 0 Å². The summed E-state index contributed by atoms with van der Waals surface area (Å²) in [6.45, 7) is 3.24. The maximum Gasteiger partial charge on any atom is 0.286 e. The van der Waals surface area contributed by atoms with Crippen LogP contribution < -0.4 is 5.32 Å². The van der Waals surface area contributed by atoms with Gasteiger partial charge in [-0.1, -0.05) is 23.5 Å². The van der Waals surface area contributed by atoms with Crippen molar-refractivity contribution in [1.29, 1.82) is 0 Å². The summed E-state index contributed by atoms with van der Waals surface area (Å²) in [5.74, 6) is 0.227. The molecule has 1 aromatic carbocycles. The van der Waals surface area contributed by atoms with E-state index in [2.05, 4.69) is 20.6 Å². The van der Waals surface area contributed by atoms with Gasteiger partial charge in [-0.15, -0.1) is 15.3 Å². The van der Waals surface area contributed by atoms with E-state index in [0.717, 1.165) is 11.3 Å². The van der Waals surface area contributed by atoms with E-state index in [9.17, 15) is 9.59 Å². The second kappa shape index (κ2) is 5.06. The number of aromatic nitrogens is 4. The van der Waals surface area contributed by atoms with Gasteiger partial charge in [-0.3, -0.25) is 9.59 Å². The molecule has 0 aliphatic carbocycles. The highest BCUT2D eigenvalue weighted by atomic mass is 32.1. The molecule has 1 amide bonds. The number of rotatable bonds is 3. The fourth-order valence-corrected chi connectivity index (χ4v) is 2.59. The minimum absolute atomic E-state index is 0.0551. The molecule has 7 nitrogen and oxygen atoms in total. The van der Waals surface area contributed by atoms with Gasteiger partial charge in [-0.2, -0.15) is 4.52 Å². The van der Waals surface area contributed by atoms with Gasteiger partial charge in [0.2, 0.25) is 9.97 Å². The second-order valence-corrected chi connectivity index (χ2v) is 5.40. The summed E-state index contributed by atoms with van der Waals surface area (Å²) >= 11 is 1.16. The number of nitrogens with zero attached hydrogens (tertiary/aromatic N) is 4. The second-order valence-electron chi connectivity index (χ2n) is 4.44. The number of benzene rings is 1. The smallest absolute Gasteiger partial charge is 0.286 e. The molecule has 0 atom stereocenters. The van der Waals surface area contributed by atoms with Crippen molar-refractivity contribution in [1.82, 2.24) is 19.8 Å². The number of carbonyl (C=O) groups excluding carboxylic acids is 2. The largest absolute Gasteiger partial charge is 0.320 e. The van der Waals surface area contributed by atoms with Crippen LogP contribution in [0.15, 0.2) is 24.3 Å². The molecule has 8 heteroatoms. The molecule has 21 heavy (non-hydrogen) atoms. The SMILES string of the molecule is CC(=O)c1cccc(NC(=O)c2nn3c(C)nnc3s2)c1. The van der Waals surface area contributed by atoms with Crippen molar-refractivity contribution >= 4 is 33.7 Å². The van der Waals surface area contributed by atoms with Crippen LogP contribution in [-0.2, 0) is 0 Å². The highest BCUT2D eigenvalue weighted by Crippen LogP contribution is 2.17. The maximum absolute atomic E-state index is 12.2. The molecule has 0 saturated carbocycles. The van der Waals surface area contributed by atoms with Gasteiger partial charge in [0.05, 0.1) is 0 Å². The van der Waals surface area contributed by atoms with Crippen LogP contribution in [0.2, 0.25) is 0 Å². The molecule has 106 valence electrons. The van der Waals surface area contributed by atoms with Gasteiger partial charge in [-0.05, 0) is 26.0 Å². The van der Waals surface area contributed by atoms with E-state index in [1.165, 1.54) is 11.4 Å². The predicted octanol–water partition coefficient (Wildman–Crippen LogP) is 1.95. The van der Waals surface area contributed by atoms with E-state index >= 15 is 0 Å².